The number of hydrogen-bond donors (Lipinski definition) is 6. The fourth-order valence-corrected chi connectivity index (χ4v) is 4.37. The van der Waals surface area contributed by atoms with Crippen LogP contribution in [0.3, 0.4) is 0 Å². The van der Waals surface area contributed by atoms with Crippen molar-refractivity contribution in [3.63, 3.8) is 0 Å². The van der Waals surface area contributed by atoms with Gasteiger partial charge in [0.15, 0.2) is 11.5 Å². The van der Waals surface area contributed by atoms with E-state index >= 15 is 0 Å². The molecule has 0 unspecified atom stereocenters. The number of aromatic hydroxyl groups is 2. The minimum Gasteiger partial charge on any atom is -0.534 e. The van der Waals surface area contributed by atoms with E-state index in [1.165, 1.54) is 23.1 Å². The van der Waals surface area contributed by atoms with Crippen LogP contribution in [-0.4, -0.2) is 92.6 Å². The Balaban J connectivity index is 1.57. The maximum Gasteiger partial charge on any atom is 0.547 e. The summed E-state index contributed by atoms with van der Waals surface area (Å²) in [5.41, 5.74) is 0.261. The summed E-state index contributed by atoms with van der Waals surface area (Å²) >= 11 is 0. The predicted octanol–water partition coefficient (Wildman–Crippen LogP) is -0.623. The number of phenols is 2. The molecule has 0 radical (unpaired) electrons. The number of nitrogens with zero attached hydrogens (tertiary/aromatic N) is 2. The van der Waals surface area contributed by atoms with E-state index in [0.29, 0.717) is 10.5 Å². The Morgan fingerprint density at radius 1 is 1.10 bits per heavy atom. The molecule has 1 fully saturated rings. The maximum atomic E-state index is 13.4. The zero-order valence-electron chi connectivity index (χ0n) is 20.7. The fourth-order valence-electron chi connectivity index (χ4n) is 4.37. The van der Waals surface area contributed by atoms with Crippen LogP contribution in [0.5, 0.6) is 17.2 Å². The molecule has 2 heterocycles. The normalized spacial score (nSPS) is 17.7. The Morgan fingerprint density at radius 2 is 1.85 bits per heavy atom. The molecule has 14 nitrogen and oxygen atoms in total. The van der Waals surface area contributed by atoms with E-state index in [4.69, 9.17) is 4.65 Å². The third-order valence-electron chi connectivity index (χ3n) is 6.48. The number of rotatable bonds is 6. The smallest absolute Gasteiger partial charge is 0.534 e. The van der Waals surface area contributed by atoms with Gasteiger partial charge in [0.1, 0.15) is 11.8 Å². The second-order valence-corrected chi connectivity index (χ2v) is 8.90. The van der Waals surface area contributed by atoms with E-state index in [-0.39, 0.29) is 42.9 Å². The number of carboxylic acid groups (broad SMARTS) is 1. The topological polar surface area (TPSA) is 206 Å². The van der Waals surface area contributed by atoms with Gasteiger partial charge in [-0.1, -0.05) is 18.2 Å². The molecule has 0 spiro atoms. The van der Waals surface area contributed by atoms with E-state index in [1.807, 2.05) is 0 Å². The highest BCUT2D eigenvalue weighted by Gasteiger charge is 2.41. The maximum absolute atomic E-state index is 13.4. The van der Waals surface area contributed by atoms with Crippen molar-refractivity contribution in [2.45, 2.75) is 25.3 Å². The highest BCUT2D eigenvalue weighted by Crippen LogP contribution is 2.31. The molecule has 0 saturated carbocycles. The average Bonchev–Trinajstić information content (AvgIpc) is 2.90. The number of fused-ring (bicyclic) bond motifs is 1. The van der Waals surface area contributed by atoms with Crippen molar-refractivity contribution in [2.75, 3.05) is 19.6 Å². The molecular weight excluding hydrogens is 515 g/mol. The van der Waals surface area contributed by atoms with Crippen molar-refractivity contribution in [3.8, 4) is 17.2 Å². The number of carbonyl (C=O) groups is 5. The number of benzene rings is 2. The number of piperazine rings is 1. The van der Waals surface area contributed by atoms with Crippen LogP contribution < -0.4 is 15.3 Å². The predicted molar refractivity (Wildman–Crippen MR) is 133 cm³/mol. The number of carboxylic acids is 1. The van der Waals surface area contributed by atoms with E-state index < -0.39 is 60.3 Å². The van der Waals surface area contributed by atoms with Gasteiger partial charge in [0.05, 0.1) is 11.5 Å². The van der Waals surface area contributed by atoms with Crippen LogP contribution in [0.2, 0.25) is 0 Å². The number of urea groups is 1. The number of phenolic OH excluding ortho intramolecular Hbond substituents is 2. The second kappa shape index (κ2) is 10.9. The zero-order valence-corrected chi connectivity index (χ0v) is 20.7. The number of carbonyl (C=O) groups excluding carboxylic acids is 4. The van der Waals surface area contributed by atoms with E-state index in [1.54, 1.807) is 13.0 Å². The summed E-state index contributed by atoms with van der Waals surface area (Å²) in [6, 6.07) is 5.15. The molecule has 4 rings (SSSR count). The van der Waals surface area contributed by atoms with Crippen LogP contribution in [0.15, 0.2) is 36.4 Å². The zero-order chi connectivity index (χ0) is 28.4. The van der Waals surface area contributed by atoms with Crippen LogP contribution in [0.1, 0.15) is 34.5 Å². The molecule has 2 aromatic carbocycles. The lowest BCUT2D eigenvalue weighted by Crippen LogP contribution is -2.60. The van der Waals surface area contributed by atoms with Crippen LogP contribution in [0.4, 0.5) is 4.79 Å². The van der Waals surface area contributed by atoms with Gasteiger partial charge in [-0.2, -0.15) is 0 Å². The number of amides is 5. The Bertz CT molecular complexity index is 1350. The number of hydrogen-bond acceptors (Lipinski definition) is 9. The summed E-state index contributed by atoms with van der Waals surface area (Å²) in [7, 11) is -1.65. The largest absolute Gasteiger partial charge is 0.547 e. The van der Waals surface area contributed by atoms with Gasteiger partial charge in [-0.25, -0.2) is 9.59 Å². The third-order valence-corrected chi connectivity index (χ3v) is 6.48. The van der Waals surface area contributed by atoms with Crippen LogP contribution in [-0.2, 0) is 20.8 Å². The molecular formula is C24H25BN4O10. The summed E-state index contributed by atoms with van der Waals surface area (Å²) in [5, 5.41) is 44.5. The van der Waals surface area contributed by atoms with Crippen LogP contribution in [0.25, 0.3) is 0 Å². The van der Waals surface area contributed by atoms with Gasteiger partial charge in [0.25, 0.3) is 0 Å². The van der Waals surface area contributed by atoms with Gasteiger partial charge >= 0.3 is 30.9 Å². The van der Waals surface area contributed by atoms with Gasteiger partial charge in [0.2, 0.25) is 5.91 Å². The van der Waals surface area contributed by atoms with Crippen molar-refractivity contribution in [1.82, 2.24) is 20.4 Å². The Hall–Kier alpha value is -4.79. The van der Waals surface area contributed by atoms with Crippen molar-refractivity contribution >= 4 is 36.8 Å². The molecule has 39 heavy (non-hydrogen) atoms. The molecule has 6 N–H and O–H groups in total. The van der Waals surface area contributed by atoms with E-state index in [0.717, 1.165) is 12.1 Å². The number of likely N-dealkylation sites (N-methyl/N-ethyl adjacent to an activating group) is 1. The summed E-state index contributed by atoms with van der Waals surface area (Å²) in [6.07, 6.45) is -0.0170. The molecule has 1 saturated heterocycles. The average molecular weight is 540 g/mol. The summed E-state index contributed by atoms with van der Waals surface area (Å²) in [5.74, 6) is -6.27. The first kappa shape index (κ1) is 27.3. The number of imide groups is 1. The van der Waals surface area contributed by atoms with Crippen molar-refractivity contribution in [1.29, 1.82) is 0 Å². The Morgan fingerprint density at radius 3 is 2.51 bits per heavy atom. The van der Waals surface area contributed by atoms with E-state index in [2.05, 4.69) is 10.6 Å². The lowest BCUT2D eigenvalue weighted by Gasteiger charge is -2.33. The molecule has 0 aliphatic carbocycles. The van der Waals surface area contributed by atoms with Gasteiger partial charge < -0.3 is 40.5 Å². The van der Waals surface area contributed by atoms with Gasteiger partial charge in [-0.15, -0.1) is 0 Å². The monoisotopic (exact) mass is 540 g/mol. The SMILES string of the molecule is CCN1CCN(C(=O)N[C@@H](C(=O)N[C@H]2Cc3cccc(C(=O)O)c3OB2O)c2ccc(O)c(O)c2)C(=O)C1=O. The molecule has 204 valence electrons. The highest BCUT2D eigenvalue weighted by molar-refractivity contribution is 6.47. The Labute approximate surface area is 221 Å². The summed E-state index contributed by atoms with van der Waals surface area (Å²) < 4.78 is 5.39. The molecule has 2 atom stereocenters. The van der Waals surface area contributed by atoms with E-state index in [9.17, 15) is 44.3 Å². The molecule has 2 aromatic rings. The summed E-state index contributed by atoms with van der Waals surface area (Å²) in [4.78, 5) is 64.6. The lowest BCUT2D eigenvalue weighted by atomic mass is 9.72. The molecule has 15 heteroatoms. The molecule has 5 amide bonds. The lowest BCUT2D eigenvalue weighted by molar-refractivity contribution is -0.153. The van der Waals surface area contributed by atoms with Crippen LogP contribution in [0, 0.1) is 0 Å². The second-order valence-electron chi connectivity index (χ2n) is 8.90. The molecule has 2 aliphatic rings. The highest BCUT2D eigenvalue weighted by atomic mass is 16.5. The van der Waals surface area contributed by atoms with Crippen molar-refractivity contribution in [3.05, 3.63) is 53.1 Å². The third kappa shape index (κ3) is 5.43. The standard InChI is InChI=1S/C24H25BN4O10/c1-2-28-8-9-29(22(34)21(28)33)24(37)27-18(12-6-7-15(30)16(31)10-12)20(32)26-17-11-13-4-3-5-14(23(35)36)19(13)39-25(17)38/h3-7,10,17-18,30-31,38H,2,8-9,11H2,1H3,(H,26,32)(H,27,37)(H,35,36)/t17-,18+/m0/s1. The molecule has 2 aliphatic heterocycles. The number of aromatic carboxylic acids is 1. The molecule has 0 aromatic heterocycles. The van der Waals surface area contributed by atoms with Gasteiger partial charge in [-0.3, -0.25) is 19.3 Å². The quantitative estimate of drug-likeness (QED) is 0.156. The first-order valence-corrected chi connectivity index (χ1v) is 11.9. The van der Waals surface area contributed by atoms with Gasteiger partial charge in [0, 0.05) is 19.6 Å². The van der Waals surface area contributed by atoms with Crippen molar-refractivity contribution < 1.29 is 49.0 Å². The molecule has 0 bridgehead atoms. The fraction of sp³-hybridized carbons (Fsp3) is 0.292. The van der Waals surface area contributed by atoms with Gasteiger partial charge in [-0.05, 0) is 42.7 Å². The number of nitrogens with one attached hydrogen (secondary N) is 2. The first-order valence-electron chi connectivity index (χ1n) is 11.9. The Kier molecular flexibility index (Phi) is 7.62. The minimum absolute atomic E-state index is 0.0156. The van der Waals surface area contributed by atoms with Crippen LogP contribution >= 0.6 is 0 Å². The number of para-hydroxylation sites is 1. The minimum atomic E-state index is -1.65. The van der Waals surface area contributed by atoms with Crippen molar-refractivity contribution in [2.24, 2.45) is 0 Å². The first-order chi connectivity index (χ1) is 18.5. The summed E-state index contributed by atoms with van der Waals surface area (Å²) in [6.45, 7) is 1.95.